The van der Waals surface area contributed by atoms with E-state index in [-0.39, 0.29) is 16.7 Å². The Bertz CT molecular complexity index is 1060. The number of fused-ring (bicyclic) bond motifs is 1. The summed E-state index contributed by atoms with van der Waals surface area (Å²) < 4.78 is 33.9. The van der Waals surface area contributed by atoms with Gasteiger partial charge in [0.2, 0.25) is 5.91 Å². The summed E-state index contributed by atoms with van der Waals surface area (Å²) in [6.07, 6.45) is 2.68. The summed E-state index contributed by atoms with van der Waals surface area (Å²) in [7, 11) is -2.34. The molecule has 28 heavy (non-hydrogen) atoms. The molecule has 1 N–H and O–H groups in total. The van der Waals surface area contributed by atoms with E-state index < -0.39 is 10.0 Å². The minimum atomic E-state index is -3.80. The monoisotopic (exact) mass is 400 g/mol. The number of nitrogens with zero attached hydrogens (tertiary/aromatic N) is 1. The summed E-state index contributed by atoms with van der Waals surface area (Å²) in [4.78, 5) is 14.3. The lowest BCUT2D eigenvalue weighted by Gasteiger charge is -2.18. The molecular weight excluding hydrogens is 376 g/mol. The van der Waals surface area contributed by atoms with Crippen molar-refractivity contribution in [2.45, 2.75) is 38.0 Å². The van der Waals surface area contributed by atoms with Crippen molar-refractivity contribution in [2.75, 3.05) is 23.3 Å². The van der Waals surface area contributed by atoms with Gasteiger partial charge in [0.1, 0.15) is 10.6 Å². The molecule has 2 aromatic carbocycles. The van der Waals surface area contributed by atoms with Crippen molar-refractivity contribution in [3.63, 3.8) is 0 Å². The van der Waals surface area contributed by atoms with Crippen molar-refractivity contribution in [3.8, 4) is 5.75 Å². The third-order valence-electron chi connectivity index (χ3n) is 5.49. The number of methoxy groups -OCH3 is 1. The first-order valence-electron chi connectivity index (χ1n) is 9.42. The fraction of sp³-hybridized carbons (Fsp3) is 0.381. The molecule has 2 aromatic rings. The van der Waals surface area contributed by atoms with Crippen LogP contribution >= 0.6 is 0 Å². The number of benzene rings is 2. The molecule has 1 fully saturated rings. The van der Waals surface area contributed by atoms with Crippen LogP contribution in [-0.4, -0.2) is 28.0 Å². The summed E-state index contributed by atoms with van der Waals surface area (Å²) in [6.45, 7) is 4.44. The number of rotatable bonds is 5. The lowest BCUT2D eigenvalue weighted by Crippen LogP contribution is -2.30. The lowest BCUT2D eigenvalue weighted by molar-refractivity contribution is -0.119. The molecule has 0 atom stereocenters. The van der Waals surface area contributed by atoms with Gasteiger partial charge in [-0.05, 0) is 80.1 Å². The minimum absolute atomic E-state index is 0.115. The number of nitrogens with one attached hydrogen (secondary N) is 1. The molecule has 0 spiro atoms. The molecule has 0 radical (unpaired) electrons. The molecule has 1 aliphatic carbocycles. The Hall–Kier alpha value is -2.54. The zero-order chi connectivity index (χ0) is 20.1. The molecule has 1 heterocycles. The van der Waals surface area contributed by atoms with E-state index >= 15 is 0 Å². The van der Waals surface area contributed by atoms with Crippen LogP contribution in [0.15, 0.2) is 35.2 Å². The molecule has 0 unspecified atom stereocenters. The number of anilines is 2. The van der Waals surface area contributed by atoms with Gasteiger partial charge in [0.25, 0.3) is 10.0 Å². The van der Waals surface area contributed by atoms with Gasteiger partial charge in [0.15, 0.2) is 0 Å². The van der Waals surface area contributed by atoms with Crippen LogP contribution in [0.25, 0.3) is 0 Å². The van der Waals surface area contributed by atoms with Gasteiger partial charge in [-0.25, -0.2) is 8.42 Å². The van der Waals surface area contributed by atoms with Gasteiger partial charge in [0, 0.05) is 23.8 Å². The molecular formula is C21H24N2O4S. The minimum Gasteiger partial charge on any atom is -0.495 e. The van der Waals surface area contributed by atoms with Crippen LogP contribution < -0.4 is 14.4 Å². The quantitative estimate of drug-likeness (QED) is 0.835. The number of amides is 1. The maximum absolute atomic E-state index is 13.0. The van der Waals surface area contributed by atoms with Gasteiger partial charge >= 0.3 is 0 Å². The van der Waals surface area contributed by atoms with E-state index in [1.165, 1.54) is 7.11 Å². The first-order chi connectivity index (χ1) is 13.3. The van der Waals surface area contributed by atoms with Gasteiger partial charge in [-0.3, -0.25) is 9.52 Å². The van der Waals surface area contributed by atoms with E-state index in [0.717, 1.165) is 41.6 Å². The summed E-state index contributed by atoms with van der Waals surface area (Å²) in [5.74, 6) is 0.672. The highest BCUT2D eigenvalue weighted by Gasteiger charge is 2.36. The van der Waals surface area contributed by atoms with Gasteiger partial charge in [0.05, 0.1) is 7.11 Å². The van der Waals surface area contributed by atoms with E-state index in [1.54, 1.807) is 18.2 Å². The van der Waals surface area contributed by atoms with Gasteiger partial charge in [-0.15, -0.1) is 0 Å². The lowest BCUT2D eigenvalue weighted by atomic mass is 10.1. The molecule has 1 amide bonds. The molecule has 1 aliphatic heterocycles. The van der Waals surface area contributed by atoms with Crippen molar-refractivity contribution in [1.29, 1.82) is 0 Å². The molecule has 6 nitrogen and oxygen atoms in total. The Kier molecular flexibility index (Phi) is 4.57. The maximum Gasteiger partial charge on any atom is 0.265 e. The molecule has 7 heteroatoms. The van der Waals surface area contributed by atoms with E-state index in [0.29, 0.717) is 18.0 Å². The van der Waals surface area contributed by atoms with Gasteiger partial charge < -0.3 is 9.64 Å². The molecule has 0 bridgehead atoms. The average molecular weight is 401 g/mol. The number of hydrogen-bond donors (Lipinski definition) is 1. The van der Waals surface area contributed by atoms with Crippen LogP contribution in [0.2, 0.25) is 0 Å². The fourth-order valence-corrected chi connectivity index (χ4v) is 4.87. The zero-order valence-electron chi connectivity index (χ0n) is 16.3. The zero-order valence-corrected chi connectivity index (χ0v) is 17.1. The van der Waals surface area contributed by atoms with Crippen molar-refractivity contribution in [3.05, 3.63) is 47.0 Å². The van der Waals surface area contributed by atoms with Crippen molar-refractivity contribution < 1.29 is 17.9 Å². The molecule has 148 valence electrons. The van der Waals surface area contributed by atoms with Crippen molar-refractivity contribution in [2.24, 2.45) is 5.92 Å². The predicted octanol–water partition coefficient (Wildman–Crippen LogP) is 3.41. The number of aryl methyl sites for hydroxylation is 2. The second-order valence-electron chi connectivity index (χ2n) is 7.55. The average Bonchev–Trinajstić information content (AvgIpc) is 3.42. The predicted molar refractivity (Wildman–Crippen MR) is 108 cm³/mol. The Morgan fingerprint density at radius 1 is 1.14 bits per heavy atom. The second-order valence-corrected chi connectivity index (χ2v) is 9.20. The van der Waals surface area contributed by atoms with Gasteiger partial charge in [-0.2, -0.15) is 0 Å². The standard InChI is InChI=1S/C21H24N2O4S/c1-13-10-19(27-3)20(11-14(13)2)28(25,26)22-17-6-7-18-16(12-17)8-9-23(18)21(24)15-4-5-15/h6-7,10-12,15,22H,4-5,8-9H2,1-3H3. The summed E-state index contributed by atoms with van der Waals surface area (Å²) >= 11 is 0. The molecule has 4 rings (SSSR count). The molecule has 2 aliphatic rings. The van der Waals surface area contributed by atoms with Crippen molar-refractivity contribution in [1.82, 2.24) is 0 Å². The number of hydrogen-bond acceptors (Lipinski definition) is 4. The van der Waals surface area contributed by atoms with Crippen LogP contribution in [-0.2, 0) is 21.2 Å². The number of ether oxygens (including phenoxy) is 1. The summed E-state index contributed by atoms with van der Waals surface area (Å²) in [5.41, 5.74) is 4.21. The second kappa shape index (κ2) is 6.81. The van der Waals surface area contributed by atoms with Crippen LogP contribution in [0.1, 0.15) is 29.5 Å². The molecule has 0 aromatic heterocycles. The highest BCUT2D eigenvalue weighted by molar-refractivity contribution is 7.92. The Morgan fingerprint density at radius 3 is 2.54 bits per heavy atom. The fourth-order valence-electron chi connectivity index (χ4n) is 3.59. The highest BCUT2D eigenvalue weighted by Crippen LogP contribution is 2.38. The van der Waals surface area contributed by atoms with Crippen molar-refractivity contribution >= 4 is 27.3 Å². The Balaban J connectivity index is 1.61. The maximum atomic E-state index is 13.0. The highest BCUT2D eigenvalue weighted by atomic mass is 32.2. The first-order valence-corrected chi connectivity index (χ1v) is 10.9. The van der Waals surface area contributed by atoms with E-state index in [9.17, 15) is 13.2 Å². The number of carbonyl (C=O) groups excluding carboxylic acids is 1. The van der Waals surface area contributed by atoms with Crippen LogP contribution in [0.5, 0.6) is 5.75 Å². The topological polar surface area (TPSA) is 75.7 Å². The number of carbonyl (C=O) groups is 1. The summed E-state index contributed by atoms with van der Waals surface area (Å²) in [6, 6.07) is 8.72. The van der Waals surface area contributed by atoms with E-state index in [1.807, 2.05) is 30.9 Å². The third kappa shape index (κ3) is 3.35. The molecule has 0 saturated heterocycles. The normalized spacial score (nSPS) is 16.0. The first kappa shape index (κ1) is 18.8. The Labute approximate surface area is 165 Å². The molecule has 1 saturated carbocycles. The van der Waals surface area contributed by atoms with E-state index in [4.69, 9.17) is 4.74 Å². The van der Waals surface area contributed by atoms with Crippen LogP contribution in [0, 0.1) is 19.8 Å². The van der Waals surface area contributed by atoms with Crippen LogP contribution in [0.3, 0.4) is 0 Å². The van der Waals surface area contributed by atoms with Crippen LogP contribution in [0.4, 0.5) is 11.4 Å². The Morgan fingerprint density at radius 2 is 1.86 bits per heavy atom. The van der Waals surface area contributed by atoms with Gasteiger partial charge in [-0.1, -0.05) is 0 Å². The van der Waals surface area contributed by atoms with E-state index in [2.05, 4.69) is 4.72 Å². The SMILES string of the molecule is COc1cc(C)c(C)cc1S(=O)(=O)Nc1ccc2c(c1)CCN2C(=O)C1CC1. The largest absolute Gasteiger partial charge is 0.495 e. The number of sulfonamides is 1. The smallest absolute Gasteiger partial charge is 0.265 e. The summed E-state index contributed by atoms with van der Waals surface area (Å²) in [5, 5.41) is 0. The third-order valence-corrected chi connectivity index (χ3v) is 6.89.